The zero-order chi connectivity index (χ0) is 18.4. The lowest BCUT2D eigenvalue weighted by Gasteiger charge is -2.42. The van der Waals surface area contributed by atoms with Crippen LogP contribution in [0.25, 0.3) is 0 Å². The van der Waals surface area contributed by atoms with Crippen molar-refractivity contribution in [2.75, 3.05) is 26.8 Å². The highest BCUT2D eigenvalue weighted by molar-refractivity contribution is 6.30. The predicted molar refractivity (Wildman–Crippen MR) is 94.9 cm³/mol. The average molecular weight is 373 g/mol. The molecule has 2 rings (SSSR count). The molecule has 1 unspecified atom stereocenters. The lowest BCUT2D eigenvalue weighted by Crippen LogP contribution is -2.50. The number of aliphatic hydroxyl groups is 1. The van der Waals surface area contributed by atoms with E-state index < -0.39 is 17.4 Å². The molecule has 1 aromatic rings. The molecule has 5 nitrogen and oxygen atoms in total. The van der Waals surface area contributed by atoms with Gasteiger partial charge in [-0.2, -0.15) is 0 Å². The third-order valence-corrected chi connectivity index (χ3v) is 5.27. The first-order valence-corrected chi connectivity index (χ1v) is 8.98. The van der Waals surface area contributed by atoms with Crippen molar-refractivity contribution in [3.05, 3.63) is 34.6 Å². The number of rotatable bonds is 7. The highest BCUT2D eigenvalue weighted by Gasteiger charge is 2.42. The van der Waals surface area contributed by atoms with Crippen LogP contribution >= 0.6 is 11.6 Å². The van der Waals surface area contributed by atoms with Gasteiger partial charge < -0.3 is 20.5 Å². The molecule has 2 amide bonds. The third kappa shape index (κ3) is 4.63. The van der Waals surface area contributed by atoms with E-state index in [1.54, 1.807) is 19.2 Å². The number of likely N-dealkylation sites (tertiary alicyclic amines) is 1. The number of amides is 2. The van der Waals surface area contributed by atoms with Gasteiger partial charge >= 0.3 is 6.03 Å². The number of piperidine rings is 1. The van der Waals surface area contributed by atoms with Crippen LogP contribution in [0.5, 0.6) is 0 Å². The first-order valence-electron chi connectivity index (χ1n) is 8.60. The number of hydrogen-bond acceptors (Lipinski definition) is 3. The Labute approximate surface area is 152 Å². The monoisotopic (exact) mass is 372 g/mol. The Balaban J connectivity index is 2.31. The smallest absolute Gasteiger partial charge is 0.314 e. The molecule has 2 atom stereocenters. The van der Waals surface area contributed by atoms with Gasteiger partial charge in [0.25, 0.3) is 0 Å². The van der Waals surface area contributed by atoms with Crippen LogP contribution in [-0.2, 0) is 10.3 Å². The highest BCUT2D eigenvalue weighted by atomic mass is 35.5. The summed E-state index contributed by atoms with van der Waals surface area (Å²) in [5.41, 5.74) is 4.18. The number of nitrogens with zero attached hydrogens (tertiary/aromatic N) is 1. The number of hydrogen-bond donors (Lipinski definition) is 2. The summed E-state index contributed by atoms with van der Waals surface area (Å²) in [7, 11) is 1.62. The Bertz CT molecular complexity index is 602. The third-order valence-electron chi connectivity index (χ3n) is 4.98. The van der Waals surface area contributed by atoms with Gasteiger partial charge in [-0.05, 0) is 38.2 Å². The molecule has 1 fully saturated rings. The summed E-state index contributed by atoms with van der Waals surface area (Å²) in [4.78, 5) is 13.0. The molecule has 140 valence electrons. The second-order valence-electron chi connectivity index (χ2n) is 6.60. The van der Waals surface area contributed by atoms with Gasteiger partial charge in [0.1, 0.15) is 5.82 Å². The van der Waals surface area contributed by atoms with E-state index in [0.717, 1.165) is 12.8 Å². The van der Waals surface area contributed by atoms with Crippen molar-refractivity contribution < 1.29 is 19.0 Å². The van der Waals surface area contributed by atoms with Crippen LogP contribution in [0.2, 0.25) is 5.02 Å². The number of halogens is 2. The molecule has 1 heterocycles. The highest BCUT2D eigenvalue weighted by Crippen LogP contribution is 2.41. The molecule has 25 heavy (non-hydrogen) atoms. The maximum atomic E-state index is 14.7. The van der Waals surface area contributed by atoms with Gasteiger partial charge in [-0.15, -0.1) is 0 Å². The second-order valence-corrected chi connectivity index (χ2v) is 7.01. The van der Waals surface area contributed by atoms with Gasteiger partial charge in [-0.25, -0.2) is 9.18 Å². The Morgan fingerprint density at radius 1 is 1.52 bits per heavy atom. The summed E-state index contributed by atoms with van der Waals surface area (Å²) < 4.78 is 19.7. The second kappa shape index (κ2) is 8.83. The number of carbonyl (C=O) groups excluding carboxylic acids is 1. The van der Waals surface area contributed by atoms with Crippen LogP contribution in [0.15, 0.2) is 18.2 Å². The lowest BCUT2D eigenvalue weighted by atomic mass is 9.74. The molecule has 0 bridgehead atoms. The summed E-state index contributed by atoms with van der Waals surface area (Å²) in [6, 6.07) is 4.15. The van der Waals surface area contributed by atoms with Crippen LogP contribution < -0.4 is 5.73 Å². The molecule has 0 aromatic heterocycles. The van der Waals surface area contributed by atoms with Gasteiger partial charge in [0, 0.05) is 38.3 Å². The van der Waals surface area contributed by atoms with Gasteiger partial charge in [0.05, 0.1) is 10.6 Å². The Morgan fingerprint density at radius 3 is 2.96 bits per heavy atom. The number of nitrogens with two attached hydrogens (primary N) is 1. The first-order chi connectivity index (χ1) is 11.9. The number of ether oxygens (including phenoxy) is 1. The summed E-state index contributed by atoms with van der Waals surface area (Å²) >= 11 is 5.93. The number of methoxy groups -OCH3 is 1. The van der Waals surface area contributed by atoms with Crippen molar-refractivity contribution in [2.24, 2.45) is 11.7 Å². The van der Waals surface area contributed by atoms with Crippen LogP contribution in [0.4, 0.5) is 9.18 Å². The van der Waals surface area contributed by atoms with Crippen molar-refractivity contribution in [1.29, 1.82) is 0 Å². The summed E-state index contributed by atoms with van der Waals surface area (Å²) in [5, 5.41) is 11.5. The van der Waals surface area contributed by atoms with E-state index >= 15 is 0 Å². The Morgan fingerprint density at radius 2 is 2.28 bits per heavy atom. The molecule has 1 saturated heterocycles. The number of primary amides is 1. The quantitative estimate of drug-likeness (QED) is 0.721. The zero-order valence-electron chi connectivity index (χ0n) is 14.5. The van der Waals surface area contributed by atoms with Gasteiger partial charge in [0.15, 0.2) is 0 Å². The molecule has 0 aliphatic carbocycles. The molecule has 1 aromatic carbocycles. The molecule has 0 saturated carbocycles. The van der Waals surface area contributed by atoms with Crippen molar-refractivity contribution in [3.63, 3.8) is 0 Å². The van der Waals surface area contributed by atoms with Crippen molar-refractivity contribution in [3.8, 4) is 0 Å². The predicted octanol–water partition coefficient (Wildman–Crippen LogP) is 3.27. The molecule has 1 aliphatic rings. The standard InChI is InChI=1S/C18H26ClFN2O3/c1-25-11-3-2-9-18(24,14-7-4-8-15(19)16(14)20)13-6-5-10-22(12-13)17(21)23/h4,7-8,13,24H,2-3,5-6,9-12H2,1H3,(H2,21,23)/t13?,18-/m0/s1. The number of urea groups is 1. The fourth-order valence-electron chi connectivity index (χ4n) is 3.60. The number of unbranched alkanes of at least 4 members (excludes halogenated alkanes) is 1. The zero-order valence-corrected chi connectivity index (χ0v) is 15.3. The first kappa shape index (κ1) is 19.9. The fourth-order valence-corrected chi connectivity index (χ4v) is 3.78. The van der Waals surface area contributed by atoms with Crippen LogP contribution in [-0.4, -0.2) is 42.8 Å². The van der Waals surface area contributed by atoms with Crippen molar-refractivity contribution >= 4 is 17.6 Å². The minimum Gasteiger partial charge on any atom is -0.385 e. The summed E-state index contributed by atoms with van der Waals surface area (Å²) in [5.74, 6) is -0.904. The molecular weight excluding hydrogens is 347 g/mol. The van der Waals surface area contributed by atoms with Crippen LogP contribution in [0, 0.1) is 11.7 Å². The maximum absolute atomic E-state index is 14.7. The Hall–Kier alpha value is -1.37. The lowest BCUT2D eigenvalue weighted by molar-refractivity contribution is -0.0583. The van der Waals surface area contributed by atoms with E-state index in [-0.39, 0.29) is 16.5 Å². The van der Waals surface area contributed by atoms with Crippen molar-refractivity contribution in [2.45, 2.75) is 37.7 Å². The number of carbonyl (C=O) groups is 1. The molecular formula is C18H26ClFN2O3. The largest absolute Gasteiger partial charge is 0.385 e. The molecule has 0 radical (unpaired) electrons. The number of benzene rings is 1. The van der Waals surface area contributed by atoms with E-state index in [1.807, 2.05) is 0 Å². The summed E-state index contributed by atoms with van der Waals surface area (Å²) in [6.45, 7) is 1.44. The normalized spacial score (nSPS) is 20.3. The van der Waals surface area contributed by atoms with Crippen LogP contribution in [0.1, 0.15) is 37.7 Å². The molecule has 1 aliphatic heterocycles. The molecule has 7 heteroatoms. The van der Waals surface area contributed by atoms with E-state index in [4.69, 9.17) is 22.1 Å². The van der Waals surface area contributed by atoms with E-state index in [0.29, 0.717) is 39.0 Å². The molecule has 3 N–H and O–H groups in total. The van der Waals surface area contributed by atoms with Crippen LogP contribution in [0.3, 0.4) is 0 Å². The fraction of sp³-hybridized carbons (Fsp3) is 0.611. The topological polar surface area (TPSA) is 75.8 Å². The maximum Gasteiger partial charge on any atom is 0.314 e. The van der Waals surface area contributed by atoms with Gasteiger partial charge in [-0.1, -0.05) is 23.7 Å². The molecule has 0 spiro atoms. The minimum atomic E-state index is -1.41. The van der Waals surface area contributed by atoms with E-state index in [2.05, 4.69) is 0 Å². The SMILES string of the molecule is COCCCC[C@@](O)(c1cccc(Cl)c1F)C1CCCN(C(N)=O)C1. The van der Waals surface area contributed by atoms with Gasteiger partial charge in [0.2, 0.25) is 0 Å². The van der Waals surface area contributed by atoms with Crippen molar-refractivity contribution in [1.82, 2.24) is 4.90 Å². The van der Waals surface area contributed by atoms with E-state index in [9.17, 15) is 14.3 Å². The average Bonchev–Trinajstić information content (AvgIpc) is 2.61. The summed E-state index contributed by atoms with van der Waals surface area (Å²) in [6.07, 6.45) is 3.20. The van der Waals surface area contributed by atoms with Gasteiger partial charge in [-0.3, -0.25) is 0 Å². The van der Waals surface area contributed by atoms with E-state index in [1.165, 1.54) is 11.0 Å². The minimum absolute atomic E-state index is 0.0182. The Kier molecular flexibility index (Phi) is 7.04.